The van der Waals surface area contributed by atoms with Gasteiger partial charge in [-0.2, -0.15) is 0 Å². The van der Waals surface area contributed by atoms with E-state index in [1.54, 1.807) is 18.2 Å². The van der Waals surface area contributed by atoms with Gasteiger partial charge in [0.05, 0.1) is 0 Å². The molecular weight excluding hydrogens is 399 g/mol. The van der Waals surface area contributed by atoms with Crippen molar-refractivity contribution < 1.29 is 14.7 Å². The number of carbonyl (C=O) groups is 2. The Labute approximate surface area is 177 Å². The largest absolute Gasteiger partial charge is 0.481 e. The summed E-state index contributed by atoms with van der Waals surface area (Å²) in [5.41, 5.74) is 0.365. The third kappa shape index (κ3) is 4.11. The van der Waals surface area contributed by atoms with E-state index in [1.165, 1.54) is 0 Å². The van der Waals surface area contributed by atoms with Crippen LogP contribution in [-0.2, 0) is 4.79 Å². The highest BCUT2D eigenvalue weighted by Gasteiger charge is 2.55. The van der Waals surface area contributed by atoms with Crippen LogP contribution in [0.3, 0.4) is 0 Å². The third-order valence-electron chi connectivity index (χ3n) is 7.22. The number of benzene rings is 1. The molecule has 1 aliphatic rings. The van der Waals surface area contributed by atoms with Gasteiger partial charge in [0.15, 0.2) is 0 Å². The van der Waals surface area contributed by atoms with Crippen LogP contribution in [0.15, 0.2) is 18.2 Å². The summed E-state index contributed by atoms with van der Waals surface area (Å²) in [4.78, 5) is 24.3. The Bertz CT molecular complexity index is 733. The van der Waals surface area contributed by atoms with Gasteiger partial charge in [-0.05, 0) is 41.7 Å². The molecule has 1 aromatic carbocycles. The summed E-state index contributed by atoms with van der Waals surface area (Å²) >= 11 is 12.3. The first-order chi connectivity index (χ1) is 13.0. The molecule has 7 heteroatoms. The van der Waals surface area contributed by atoms with Crippen LogP contribution in [0.1, 0.15) is 58.9 Å². The second-order valence-corrected chi connectivity index (χ2v) is 9.38. The molecule has 1 aromatic rings. The fourth-order valence-electron chi connectivity index (χ4n) is 4.40. The highest BCUT2D eigenvalue weighted by atomic mass is 35.5. The van der Waals surface area contributed by atoms with Gasteiger partial charge in [0.1, 0.15) is 5.92 Å². The lowest BCUT2D eigenvalue weighted by Crippen LogP contribution is -2.51. The summed E-state index contributed by atoms with van der Waals surface area (Å²) in [5, 5.41) is 15.9. The maximum atomic E-state index is 12.6. The van der Waals surface area contributed by atoms with E-state index in [4.69, 9.17) is 23.2 Å². The molecule has 1 fully saturated rings. The molecule has 2 amide bonds. The van der Waals surface area contributed by atoms with Crippen LogP contribution in [0.2, 0.25) is 10.0 Å². The number of hydrogen-bond acceptors (Lipinski definition) is 2. The first kappa shape index (κ1) is 22.8. The van der Waals surface area contributed by atoms with Crippen LogP contribution in [0.25, 0.3) is 0 Å². The van der Waals surface area contributed by atoms with Crippen molar-refractivity contribution >= 4 is 35.2 Å². The van der Waals surface area contributed by atoms with E-state index >= 15 is 0 Å². The molecule has 0 spiro atoms. The van der Waals surface area contributed by atoms with Crippen LogP contribution < -0.4 is 10.6 Å². The maximum Gasteiger partial charge on any atom is 0.315 e. The molecule has 3 N–H and O–H groups in total. The van der Waals surface area contributed by atoms with Crippen molar-refractivity contribution in [3.05, 3.63) is 33.8 Å². The van der Waals surface area contributed by atoms with Crippen molar-refractivity contribution in [1.29, 1.82) is 0 Å². The van der Waals surface area contributed by atoms with Gasteiger partial charge in [0.2, 0.25) is 0 Å². The number of carbonyl (C=O) groups excluding carboxylic acids is 1. The van der Waals surface area contributed by atoms with E-state index in [2.05, 4.69) is 45.3 Å². The summed E-state index contributed by atoms with van der Waals surface area (Å²) in [6, 6.07) is 4.49. The topological polar surface area (TPSA) is 78.4 Å². The predicted octanol–water partition coefficient (Wildman–Crippen LogP) is 5.31. The first-order valence-electron chi connectivity index (χ1n) is 9.66. The number of aliphatic carboxylic acids is 1. The molecule has 1 saturated carbocycles. The summed E-state index contributed by atoms with van der Waals surface area (Å²) < 4.78 is 0. The van der Waals surface area contributed by atoms with Crippen molar-refractivity contribution in [3.63, 3.8) is 0 Å². The van der Waals surface area contributed by atoms with E-state index in [1.807, 2.05) is 0 Å². The number of halogens is 2. The Kier molecular flexibility index (Phi) is 6.93. The van der Waals surface area contributed by atoms with E-state index in [9.17, 15) is 14.7 Å². The molecular formula is C21H30Cl2N2O3. The molecule has 0 saturated heterocycles. The average molecular weight is 429 g/mol. The zero-order valence-corrected chi connectivity index (χ0v) is 18.6. The molecule has 1 aliphatic carbocycles. The highest BCUT2D eigenvalue weighted by molar-refractivity contribution is 6.36. The molecule has 156 valence electrons. The lowest BCUT2D eigenvalue weighted by Gasteiger charge is -2.43. The predicted molar refractivity (Wildman–Crippen MR) is 113 cm³/mol. The average Bonchev–Trinajstić information content (AvgIpc) is 2.77. The molecule has 5 nitrogen and oxygen atoms in total. The number of rotatable bonds is 6. The highest BCUT2D eigenvalue weighted by Crippen LogP contribution is 2.57. The molecule has 4 unspecified atom stereocenters. The summed E-state index contributed by atoms with van der Waals surface area (Å²) in [6.45, 7) is 11.0. The Morgan fingerprint density at radius 2 is 1.82 bits per heavy atom. The number of carboxylic acid groups (broad SMARTS) is 1. The minimum absolute atomic E-state index is 0.0229. The minimum Gasteiger partial charge on any atom is -0.481 e. The fourth-order valence-corrected chi connectivity index (χ4v) is 5.06. The first-order valence-corrected chi connectivity index (χ1v) is 10.4. The van der Waals surface area contributed by atoms with Crippen molar-refractivity contribution in [2.75, 3.05) is 6.54 Å². The zero-order valence-electron chi connectivity index (χ0n) is 17.1. The fraction of sp³-hybridized carbons (Fsp3) is 0.619. The van der Waals surface area contributed by atoms with Crippen LogP contribution in [0, 0.1) is 16.7 Å². The molecule has 4 atom stereocenters. The molecule has 28 heavy (non-hydrogen) atoms. The number of amides is 2. The summed E-state index contributed by atoms with van der Waals surface area (Å²) in [7, 11) is 0. The van der Waals surface area contributed by atoms with Crippen LogP contribution in [-0.4, -0.2) is 29.7 Å². The van der Waals surface area contributed by atoms with E-state index in [0.717, 1.165) is 12.8 Å². The van der Waals surface area contributed by atoms with E-state index in [-0.39, 0.29) is 39.5 Å². The van der Waals surface area contributed by atoms with Gasteiger partial charge in [-0.15, -0.1) is 0 Å². The lowest BCUT2D eigenvalue weighted by atomic mass is 9.63. The van der Waals surface area contributed by atoms with Crippen LogP contribution in [0.5, 0.6) is 0 Å². The maximum absolute atomic E-state index is 12.6. The van der Waals surface area contributed by atoms with Gasteiger partial charge >= 0.3 is 12.0 Å². The SMILES string of the molecule is CCC1(C)C(NC(=O)NCC(C(=O)O)c2c(Cl)cccc2Cl)CC(C)C1(C)C. The molecule has 0 aromatic heterocycles. The zero-order chi connectivity index (χ0) is 21.3. The molecule has 2 rings (SSSR count). The van der Waals surface area contributed by atoms with E-state index in [0.29, 0.717) is 11.5 Å². The number of urea groups is 1. The van der Waals surface area contributed by atoms with Crippen LogP contribution >= 0.6 is 23.2 Å². The summed E-state index contributed by atoms with van der Waals surface area (Å²) in [6.07, 6.45) is 1.84. The monoisotopic (exact) mass is 428 g/mol. The third-order valence-corrected chi connectivity index (χ3v) is 7.87. The van der Waals surface area contributed by atoms with Crippen molar-refractivity contribution in [2.24, 2.45) is 16.7 Å². The second-order valence-electron chi connectivity index (χ2n) is 8.56. The van der Waals surface area contributed by atoms with Crippen molar-refractivity contribution in [3.8, 4) is 0 Å². The Morgan fingerprint density at radius 1 is 1.25 bits per heavy atom. The van der Waals surface area contributed by atoms with Crippen LogP contribution in [0.4, 0.5) is 4.79 Å². The summed E-state index contributed by atoms with van der Waals surface area (Å²) in [5.74, 6) is -1.65. The minimum atomic E-state index is -1.09. The van der Waals surface area contributed by atoms with Gasteiger partial charge in [0.25, 0.3) is 0 Å². The lowest BCUT2D eigenvalue weighted by molar-refractivity contribution is -0.138. The van der Waals surface area contributed by atoms with Gasteiger partial charge < -0.3 is 15.7 Å². The molecule has 0 radical (unpaired) electrons. The van der Waals surface area contributed by atoms with Gasteiger partial charge in [-0.25, -0.2) is 4.79 Å². The number of hydrogen-bond donors (Lipinski definition) is 3. The smallest absolute Gasteiger partial charge is 0.315 e. The normalized spacial score (nSPS) is 27.2. The molecule has 0 heterocycles. The Balaban J connectivity index is 2.10. The van der Waals surface area contributed by atoms with Gasteiger partial charge in [-0.1, -0.05) is 63.9 Å². The number of nitrogens with one attached hydrogen (secondary N) is 2. The second kappa shape index (κ2) is 8.50. The van der Waals surface area contributed by atoms with E-state index < -0.39 is 11.9 Å². The Hall–Kier alpha value is -1.46. The van der Waals surface area contributed by atoms with Crippen molar-refractivity contribution in [2.45, 2.75) is 59.4 Å². The Morgan fingerprint density at radius 3 is 2.32 bits per heavy atom. The molecule has 0 bridgehead atoms. The number of carboxylic acids is 1. The molecule has 0 aliphatic heterocycles. The van der Waals surface area contributed by atoms with Gasteiger partial charge in [0, 0.05) is 28.2 Å². The quantitative estimate of drug-likeness (QED) is 0.573. The van der Waals surface area contributed by atoms with Gasteiger partial charge in [-0.3, -0.25) is 4.79 Å². The van der Waals surface area contributed by atoms with Crippen molar-refractivity contribution in [1.82, 2.24) is 10.6 Å². The standard InChI is InChI=1S/C21H30Cl2N2O3/c1-6-21(5)16(10-12(2)20(21,3)4)25-19(28)24-11-13(18(26)27)17-14(22)8-7-9-15(17)23/h7-9,12-13,16H,6,10-11H2,1-5H3,(H,26,27)(H2,24,25,28).